The summed E-state index contributed by atoms with van der Waals surface area (Å²) in [7, 11) is 1.44. The van der Waals surface area contributed by atoms with E-state index in [2.05, 4.69) is 15.5 Å². The Labute approximate surface area is 157 Å². The van der Waals surface area contributed by atoms with Gasteiger partial charge in [0.1, 0.15) is 10.6 Å². The predicted molar refractivity (Wildman–Crippen MR) is 96.0 cm³/mol. The Bertz CT molecular complexity index is 1010. The number of aromatic nitrogens is 4. The number of alkyl halides is 3. The zero-order valence-electron chi connectivity index (χ0n) is 14.8. The number of anilines is 1. The molecule has 0 unspecified atom stereocenters. The minimum Gasteiger partial charge on any atom is -0.306 e. The fourth-order valence-electron chi connectivity index (χ4n) is 3.58. The van der Waals surface area contributed by atoms with E-state index in [1.54, 1.807) is 6.07 Å². The van der Waals surface area contributed by atoms with Gasteiger partial charge in [-0.05, 0) is 25.8 Å². The van der Waals surface area contributed by atoms with Crippen LogP contribution in [0.1, 0.15) is 52.8 Å². The SMILES string of the molecule is Cc1cc(NC(=O)c2cc3c(C(F)(F)F)nn(C)c3s2)n(C2CCCC2)n1. The smallest absolute Gasteiger partial charge is 0.306 e. The van der Waals surface area contributed by atoms with Crippen LogP contribution in [0.25, 0.3) is 10.2 Å². The highest BCUT2D eigenvalue weighted by Crippen LogP contribution is 2.38. The second-order valence-corrected chi connectivity index (χ2v) is 7.84. The van der Waals surface area contributed by atoms with Gasteiger partial charge in [-0.2, -0.15) is 23.4 Å². The van der Waals surface area contributed by atoms with Crippen LogP contribution in [-0.4, -0.2) is 25.5 Å². The standard InChI is InChI=1S/C17H18F3N5OS/c1-9-7-13(25(22-9)10-5-3-4-6-10)21-15(26)12-8-11-14(17(18,19)20)23-24(2)16(11)27-12/h7-8,10H,3-6H2,1-2H3,(H,21,26). The minimum absolute atomic E-state index is 0.0550. The molecule has 1 fully saturated rings. The summed E-state index contributed by atoms with van der Waals surface area (Å²) in [4.78, 5) is 13.2. The van der Waals surface area contributed by atoms with E-state index in [1.165, 1.54) is 13.1 Å². The molecule has 3 heterocycles. The molecule has 0 saturated heterocycles. The van der Waals surface area contributed by atoms with Crippen LogP contribution in [0.5, 0.6) is 0 Å². The Morgan fingerprint density at radius 1 is 1.26 bits per heavy atom. The highest BCUT2D eigenvalue weighted by atomic mass is 32.1. The van der Waals surface area contributed by atoms with Gasteiger partial charge < -0.3 is 5.32 Å². The first-order valence-electron chi connectivity index (χ1n) is 8.65. The second kappa shape index (κ2) is 6.36. The van der Waals surface area contributed by atoms with Crippen LogP contribution in [0.2, 0.25) is 0 Å². The number of hydrogen-bond acceptors (Lipinski definition) is 4. The van der Waals surface area contributed by atoms with Crippen LogP contribution < -0.4 is 5.32 Å². The van der Waals surface area contributed by atoms with Crippen LogP contribution in [0.3, 0.4) is 0 Å². The molecule has 0 atom stereocenters. The van der Waals surface area contributed by atoms with Crippen molar-refractivity contribution in [2.75, 3.05) is 5.32 Å². The predicted octanol–water partition coefficient (Wildman–Crippen LogP) is 4.53. The van der Waals surface area contributed by atoms with Crippen molar-refractivity contribution in [3.63, 3.8) is 0 Å². The summed E-state index contributed by atoms with van der Waals surface area (Å²) in [6.07, 6.45) is -0.297. The first-order chi connectivity index (χ1) is 12.7. The maximum Gasteiger partial charge on any atom is 0.435 e. The highest BCUT2D eigenvalue weighted by Gasteiger charge is 2.37. The van der Waals surface area contributed by atoms with Crippen molar-refractivity contribution in [3.8, 4) is 0 Å². The minimum atomic E-state index is -4.56. The third-order valence-electron chi connectivity index (χ3n) is 4.77. The van der Waals surface area contributed by atoms with E-state index in [4.69, 9.17) is 0 Å². The van der Waals surface area contributed by atoms with Crippen molar-refractivity contribution in [2.24, 2.45) is 7.05 Å². The van der Waals surface area contributed by atoms with Crippen molar-refractivity contribution < 1.29 is 18.0 Å². The molecule has 0 aliphatic heterocycles. The van der Waals surface area contributed by atoms with Gasteiger partial charge in [0.05, 0.1) is 16.6 Å². The van der Waals surface area contributed by atoms with Crippen molar-refractivity contribution in [1.82, 2.24) is 19.6 Å². The van der Waals surface area contributed by atoms with Gasteiger partial charge in [-0.3, -0.25) is 9.48 Å². The van der Waals surface area contributed by atoms with Crippen LogP contribution in [0, 0.1) is 6.92 Å². The monoisotopic (exact) mass is 397 g/mol. The van der Waals surface area contributed by atoms with Crippen molar-refractivity contribution in [3.05, 3.63) is 28.4 Å². The number of aryl methyl sites for hydroxylation is 2. The molecule has 144 valence electrons. The highest BCUT2D eigenvalue weighted by molar-refractivity contribution is 7.20. The van der Waals surface area contributed by atoms with Crippen molar-refractivity contribution >= 4 is 33.3 Å². The molecule has 0 spiro atoms. The first-order valence-corrected chi connectivity index (χ1v) is 9.47. The molecule has 0 aromatic carbocycles. The molecule has 1 aliphatic rings. The molecular formula is C17H18F3N5OS. The number of carbonyl (C=O) groups excluding carboxylic acids is 1. The zero-order valence-corrected chi connectivity index (χ0v) is 15.6. The third kappa shape index (κ3) is 3.22. The Morgan fingerprint density at radius 3 is 2.63 bits per heavy atom. The Balaban J connectivity index is 1.64. The number of nitrogens with one attached hydrogen (secondary N) is 1. The van der Waals surface area contributed by atoms with Crippen molar-refractivity contribution in [2.45, 2.75) is 44.8 Å². The number of amides is 1. The van der Waals surface area contributed by atoms with Gasteiger partial charge in [0.25, 0.3) is 5.91 Å². The molecule has 1 amide bonds. The lowest BCUT2D eigenvalue weighted by Gasteiger charge is -2.14. The van der Waals surface area contributed by atoms with E-state index < -0.39 is 17.8 Å². The molecule has 6 nitrogen and oxygen atoms in total. The van der Waals surface area contributed by atoms with Gasteiger partial charge in [0.15, 0.2) is 5.69 Å². The van der Waals surface area contributed by atoms with Gasteiger partial charge in [-0.15, -0.1) is 11.3 Å². The molecule has 1 N–H and O–H groups in total. The molecular weight excluding hydrogens is 379 g/mol. The summed E-state index contributed by atoms with van der Waals surface area (Å²) < 4.78 is 42.4. The Hall–Kier alpha value is -2.36. The van der Waals surface area contributed by atoms with Gasteiger partial charge in [-0.25, -0.2) is 4.68 Å². The third-order valence-corrected chi connectivity index (χ3v) is 5.97. The summed E-state index contributed by atoms with van der Waals surface area (Å²) in [5, 5.41) is 10.8. The van der Waals surface area contributed by atoms with E-state index in [-0.39, 0.29) is 16.3 Å². The normalized spacial score (nSPS) is 15.7. The summed E-state index contributed by atoms with van der Waals surface area (Å²) >= 11 is 0.992. The number of rotatable bonds is 3. The molecule has 1 saturated carbocycles. The lowest BCUT2D eigenvalue weighted by atomic mass is 10.2. The Kier molecular flexibility index (Phi) is 4.25. The summed E-state index contributed by atoms with van der Waals surface area (Å²) in [6.45, 7) is 1.85. The lowest BCUT2D eigenvalue weighted by Crippen LogP contribution is -2.17. The molecule has 0 radical (unpaired) electrons. The number of thiophene rings is 1. The number of carbonyl (C=O) groups is 1. The van der Waals surface area contributed by atoms with E-state index in [1.807, 2.05) is 11.6 Å². The molecule has 3 aromatic heterocycles. The number of nitrogens with zero attached hydrogens (tertiary/aromatic N) is 4. The van der Waals surface area contributed by atoms with Crippen LogP contribution in [-0.2, 0) is 13.2 Å². The van der Waals surface area contributed by atoms with Gasteiger partial charge in [0, 0.05) is 18.5 Å². The van der Waals surface area contributed by atoms with E-state index >= 15 is 0 Å². The summed E-state index contributed by atoms with van der Waals surface area (Å²) in [5.74, 6) is 0.138. The van der Waals surface area contributed by atoms with Crippen molar-refractivity contribution in [1.29, 1.82) is 0 Å². The molecule has 27 heavy (non-hydrogen) atoms. The van der Waals surface area contributed by atoms with E-state index in [0.29, 0.717) is 10.6 Å². The number of hydrogen-bond donors (Lipinski definition) is 1. The largest absolute Gasteiger partial charge is 0.435 e. The van der Waals surface area contributed by atoms with Crippen LogP contribution >= 0.6 is 11.3 Å². The second-order valence-electron chi connectivity index (χ2n) is 6.81. The Morgan fingerprint density at radius 2 is 1.96 bits per heavy atom. The molecule has 3 aromatic rings. The fraction of sp³-hybridized carbons (Fsp3) is 0.471. The topological polar surface area (TPSA) is 64.7 Å². The van der Waals surface area contributed by atoms with E-state index in [9.17, 15) is 18.0 Å². The zero-order chi connectivity index (χ0) is 19.3. The molecule has 1 aliphatic carbocycles. The maximum atomic E-state index is 13.1. The van der Waals surface area contributed by atoms with E-state index in [0.717, 1.165) is 47.4 Å². The number of fused-ring (bicyclic) bond motifs is 1. The fourth-order valence-corrected chi connectivity index (χ4v) is 4.54. The first kappa shape index (κ1) is 18.0. The molecule has 10 heteroatoms. The van der Waals surface area contributed by atoms with Crippen LogP contribution in [0.15, 0.2) is 12.1 Å². The number of halogens is 3. The van der Waals surface area contributed by atoms with Gasteiger partial charge in [0.2, 0.25) is 0 Å². The molecule has 4 rings (SSSR count). The van der Waals surface area contributed by atoms with Gasteiger partial charge >= 0.3 is 6.18 Å². The van der Waals surface area contributed by atoms with Crippen LogP contribution in [0.4, 0.5) is 19.0 Å². The average Bonchev–Trinajstić information content (AvgIpc) is 3.32. The average molecular weight is 397 g/mol. The van der Waals surface area contributed by atoms with Gasteiger partial charge in [-0.1, -0.05) is 12.8 Å². The molecule has 0 bridgehead atoms. The quantitative estimate of drug-likeness (QED) is 0.706. The maximum absolute atomic E-state index is 13.1. The summed E-state index contributed by atoms with van der Waals surface area (Å²) in [6, 6.07) is 3.29. The lowest BCUT2D eigenvalue weighted by molar-refractivity contribution is -0.140. The summed E-state index contributed by atoms with van der Waals surface area (Å²) in [5.41, 5.74) is -0.181.